The zero-order chi connectivity index (χ0) is 13.6. The molecule has 0 radical (unpaired) electrons. The molecule has 0 aliphatic carbocycles. The molecule has 1 unspecified atom stereocenters. The Morgan fingerprint density at radius 2 is 1.94 bits per heavy atom. The highest BCUT2D eigenvalue weighted by molar-refractivity contribution is 5.67. The minimum Gasteiger partial charge on any atom is -0.440 e. The van der Waals surface area contributed by atoms with Crippen LogP contribution in [0.3, 0.4) is 0 Å². The van der Waals surface area contributed by atoms with Crippen LogP contribution in [0.15, 0.2) is 0 Å². The molecule has 0 aromatic heterocycles. The number of amides is 1. The summed E-state index contributed by atoms with van der Waals surface area (Å²) >= 11 is 0. The van der Waals surface area contributed by atoms with Gasteiger partial charge in [0.1, 0.15) is 0 Å². The van der Waals surface area contributed by atoms with Crippen molar-refractivity contribution < 1.29 is 22.7 Å². The van der Waals surface area contributed by atoms with Gasteiger partial charge in [-0.2, -0.15) is 13.2 Å². The fourth-order valence-corrected chi connectivity index (χ4v) is 1.97. The van der Waals surface area contributed by atoms with Gasteiger partial charge in [0.25, 0.3) is 0 Å². The highest BCUT2D eigenvalue weighted by atomic mass is 19.4. The van der Waals surface area contributed by atoms with Crippen LogP contribution in [0, 0.1) is 0 Å². The molecule has 7 heteroatoms. The van der Waals surface area contributed by atoms with E-state index in [-0.39, 0.29) is 6.04 Å². The van der Waals surface area contributed by atoms with Crippen LogP contribution >= 0.6 is 0 Å². The maximum Gasteiger partial charge on any atom is 0.422 e. The highest BCUT2D eigenvalue weighted by Gasteiger charge is 2.29. The van der Waals surface area contributed by atoms with E-state index in [0.717, 1.165) is 25.9 Å². The number of rotatable bonds is 4. The van der Waals surface area contributed by atoms with Crippen LogP contribution < -0.4 is 5.32 Å². The van der Waals surface area contributed by atoms with Gasteiger partial charge < -0.3 is 15.0 Å². The van der Waals surface area contributed by atoms with Crippen molar-refractivity contribution in [3.05, 3.63) is 0 Å². The normalized spacial score (nSPS) is 19.3. The number of hydrogen-bond acceptors (Lipinski definition) is 3. The minimum absolute atomic E-state index is 0.219. The maximum atomic E-state index is 11.8. The maximum absolute atomic E-state index is 11.8. The van der Waals surface area contributed by atoms with Crippen molar-refractivity contribution in [1.82, 2.24) is 10.2 Å². The predicted octanol–water partition coefficient (Wildman–Crippen LogP) is 2.15. The standard InChI is InChI=1S/C11H19F3N2O2/c1-9(7-16-5-3-2-4-6-16)15-10(17)18-8-11(12,13)14/h9H,2-8H2,1H3,(H,15,17). The van der Waals surface area contributed by atoms with Crippen molar-refractivity contribution in [2.45, 2.75) is 38.4 Å². The zero-order valence-electron chi connectivity index (χ0n) is 10.4. The summed E-state index contributed by atoms with van der Waals surface area (Å²) < 4.78 is 39.5. The second kappa shape index (κ2) is 6.82. The molecule has 1 aliphatic rings. The summed E-state index contributed by atoms with van der Waals surface area (Å²) in [6.07, 6.45) is -2.02. The van der Waals surface area contributed by atoms with Crippen molar-refractivity contribution in [3.63, 3.8) is 0 Å². The van der Waals surface area contributed by atoms with Gasteiger partial charge in [-0.3, -0.25) is 0 Å². The average molecular weight is 268 g/mol. The van der Waals surface area contributed by atoms with Gasteiger partial charge in [-0.1, -0.05) is 6.42 Å². The number of carbonyl (C=O) groups is 1. The van der Waals surface area contributed by atoms with Crippen LogP contribution in [0.4, 0.5) is 18.0 Å². The molecule has 1 heterocycles. The van der Waals surface area contributed by atoms with E-state index in [9.17, 15) is 18.0 Å². The predicted molar refractivity (Wildman–Crippen MR) is 60.3 cm³/mol. The number of hydrogen-bond donors (Lipinski definition) is 1. The fraction of sp³-hybridized carbons (Fsp3) is 0.909. The number of likely N-dealkylation sites (tertiary alicyclic amines) is 1. The number of alkyl halides is 3. The summed E-state index contributed by atoms with van der Waals surface area (Å²) in [5.74, 6) is 0. The van der Waals surface area contributed by atoms with E-state index in [0.29, 0.717) is 6.54 Å². The summed E-state index contributed by atoms with van der Waals surface area (Å²) in [5.41, 5.74) is 0. The van der Waals surface area contributed by atoms with Crippen LogP contribution in [-0.2, 0) is 4.74 Å². The molecule has 0 saturated carbocycles. The molecule has 0 aromatic rings. The lowest BCUT2D eigenvalue weighted by Gasteiger charge is -2.29. The molecule has 0 spiro atoms. The molecule has 18 heavy (non-hydrogen) atoms. The van der Waals surface area contributed by atoms with Crippen LogP contribution in [0.25, 0.3) is 0 Å². The number of ether oxygens (including phenoxy) is 1. The molecule has 4 nitrogen and oxygen atoms in total. The van der Waals surface area contributed by atoms with Crippen molar-refractivity contribution in [2.24, 2.45) is 0 Å². The first kappa shape index (κ1) is 15.1. The Hall–Kier alpha value is -0.980. The minimum atomic E-state index is -4.48. The van der Waals surface area contributed by atoms with E-state index in [2.05, 4.69) is 15.0 Å². The Morgan fingerprint density at radius 1 is 1.33 bits per heavy atom. The summed E-state index contributed by atoms with van der Waals surface area (Å²) in [6.45, 7) is 2.80. The number of alkyl carbamates (subject to hydrolysis) is 1. The van der Waals surface area contributed by atoms with Crippen molar-refractivity contribution in [3.8, 4) is 0 Å². The summed E-state index contributed by atoms with van der Waals surface area (Å²) in [7, 11) is 0. The Balaban J connectivity index is 2.18. The third-order valence-corrected chi connectivity index (χ3v) is 2.71. The van der Waals surface area contributed by atoms with Gasteiger partial charge in [0, 0.05) is 12.6 Å². The Bertz CT molecular complexity index is 266. The summed E-state index contributed by atoms with van der Waals surface area (Å²) in [6, 6.07) is -0.219. The number of halogens is 3. The largest absolute Gasteiger partial charge is 0.440 e. The molecule has 1 fully saturated rings. The molecule has 1 aliphatic heterocycles. The molecule has 1 rings (SSSR count). The van der Waals surface area contributed by atoms with Gasteiger partial charge in [-0.05, 0) is 32.9 Å². The lowest BCUT2D eigenvalue weighted by atomic mass is 10.1. The first-order valence-corrected chi connectivity index (χ1v) is 6.09. The fourth-order valence-electron chi connectivity index (χ4n) is 1.97. The van der Waals surface area contributed by atoms with Gasteiger partial charge in [0.05, 0.1) is 0 Å². The van der Waals surface area contributed by atoms with Gasteiger partial charge >= 0.3 is 12.3 Å². The van der Waals surface area contributed by atoms with Gasteiger partial charge in [-0.25, -0.2) is 4.79 Å². The molecule has 0 bridgehead atoms. The number of nitrogens with one attached hydrogen (secondary N) is 1. The van der Waals surface area contributed by atoms with Crippen LogP contribution in [0.2, 0.25) is 0 Å². The number of carbonyl (C=O) groups excluding carboxylic acids is 1. The van der Waals surface area contributed by atoms with Crippen LogP contribution in [0.5, 0.6) is 0 Å². The molecule has 1 amide bonds. The first-order valence-electron chi connectivity index (χ1n) is 6.09. The molecule has 1 N–H and O–H groups in total. The van der Waals surface area contributed by atoms with E-state index >= 15 is 0 Å². The SMILES string of the molecule is CC(CN1CCCCC1)NC(=O)OCC(F)(F)F. The van der Waals surface area contributed by atoms with Gasteiger partial charge in [0.15, 0.2) is 6.61 Å². The lowest BCUT2D eigenvalue weighted by Crippen LogP contribution is -2.44. The van der Waals surface area contributed by atoms with Gasteiger partial charge in [-0.15, -0.1) is 0 Å². The highest BCUT2D eigenvalue weighted by Crippen LogP contribution is 2.14. The zero-order valence-corrected chi connectivity index (χ0v) is 10.4. The van der Waals surface area contributed by atoms with Gasteiger partial charge in [0.2, 0.25) is 0 Å². The number of nitrogens with zero attached hydrogens (tertiary/aromatic N) is 1. The van der Waals surface area contributed by atoms with Crippen molar-refractivity contribution >= 4 is 6.09 Å². The molecule has 0 aromatic carbocycles. The quantitative estimate of drug-likeness (QED) is 0.849. The molecule has 1 saturated heterocycles. The topological polar surface area (TPSA) is 41.6 Å². The third-order valence-electron chi connectivity index (χ3n) is 2.71. The number of piperidine rings is 1. The first-order chi connectivity index (χ1) is 8.37. The lowest BCUT2D eigenvalue weighted by molar-refractivity contribution is -0.160. The van der Waals surface area contributed by atoms with E-state index in [4.69, 9.17) is 0 Å². The molecular formula is C11H19F3N2O2. The van der Waals surface area contributed by atoms with Crippen LogP contribution in [0.1, 0.15) is 26.2 Å². The smallest absolute Gasteiger partial charge is 0.422 e. The van der Waals surface area contributed by atoms with Crippen molar-refractivity contribution in [1.29, 1.82) is 0 Å². The van der Waals surface area contributed by atoms with E-state index in [1.165, 1.54) is 6.42 Å². The van der Waals surface area contributed by atoms with Crippen LogP contribution in [-0.4, -0.2) is 49.5 Å². The molecule has 106 valence electrons. The second-order valence-corrected chi connectivity index (χ2v) is 4.60. The average Bonchev–Trinajstić information content (AvgIpc) is 2.26. The Kier molecular flexibility index (Phi) is 5.71. The Morgan fingerprint density at radius 3 is 2.50 bits per heavy atom. The van der Waals surface area contributed by atoms with E-state index in [1.54, 1.807) is 6.92 Å². The second-order valence-electron chi connectivity index (χ2n) is 4.60. The van der Waals surface area contributed by atoms with E-state index < -0.39 is 18.9 Å². The third kappa shape index (κ3) is 6.68. The summed E-state index contributed by atoms with van der Waals surface area (Å²) in [4.78, 5) is 13.3. The summed E-state index contributed by atoms with van der Waals surface area (Å²) in [5, 5.41) is 2.40. The molecule has 1 atom stereocenters. The van der Waals surface area contributed by atoms with E-state index in [1.807, 2.05) is 0 Å². The van der Waals surface area contributed by atoms with Crippen molar-refractivity contribution in [2.75, 3.05) is 26.2 Å². The molecular weight excluding hydrogens is 249 g/mol. The monoisotopic (exact) mass is 268 g/mol. The Labute approximate surface area is 104 Å².